The Hall–Kier alpha value is -4.83. The van der Waals surface area contributed by atoms with E-state index in [0.717, 1.165) is 22.2 Å². The molecule has 0 saturated carbocycles. The van der Waals surface area contributed by atoms with Crippen LogP contribution in [0.4, 0.5) is 15.9 Å². The van der Waals surface area contributed by atoms with Crippen molar-refractivity contribution in [1.29, 1.82) is 0 Å². The smallest absolute Gasteiger partial charge is 0.261 e. The molecule has 3 N–H and O–H groups in total. The van der Waals surface area contributed by atoms with Crippen LogP contribution in [0.15, 0.2) is 78.2 Å². The summed E-state index contributed by atoms with van der Waals surface area (Å²) in [6.45, 7) is 1.07. The molecule has 9 nitrogen and oxygen atoms in total. The first-order chi connectivity index (χ1) is 18.9. The molecule has 0 atom stereocenters. The number of amides is 1. The molecule has 0 fully saturated rings. The Balaban J connectivity index is 1.45. The molecule has 2 aromatic carbocycles. The number of methoxy groups -OCH3 is 1. The van der Waals surface area contributed by atoms with Crippen molar-refractivity contribution in [2.75, 3.05) is 24.8 Å². The summed E-state index contributed by atoms with van der Waals surface area (Å²) in [5.41, 5.74) is 9.48. The van der Waals surface area contributed by atoms with Gasteiger partial charge in [-0.25, -0.2) is 14.4 Å². The molecule has 5 aromatic rings. The number of aryl methyl sites for hydroxylation is 2. The molecule has 3 aromatic heterocycles. The van der Waals surface area contributed by atoms with E-state index in [1.54, 1.807) is 30.0 Å². The molecule has 0 radical (unpaired) electrons. The predicted molar refractivity (Wildman–Crippen MR) is 149 cm³/mol. The fraction of sp³-hybridized carbons (Fsp3) is 0.172. The van der Waals surface area contributed by atoms with Gasteiger partial charge in [0.05, 0.1) is 5.39 Å². The van der Waals surface area contributed by atoms with Gasteiger partial charge in [-0.1, -0.05) is 24.3 Å². The zero-order chi connectivity index (χ0) is 27.5. The van der Waals surface area contributed by atoms with Crippen LogP contribution in [0.2, 0.25) is 0 Å². The van der Waals surface area contributed by atoms with Crippen molar-refractivity contribution in [3.05, 3.63) is 95.1 Å². The second kappa shape index (κ2) is 10.9. The van der Waals surface area contributed by atoms with Gasteiger partial charge in [-0.15, -0.1) is 0 Å². The number of carbonyl (C=O) groups is 1. The number of aromatic nitrogens is 4. The molecule has 39 heavy (non-hydrogen) atoms. The van der Waals surface area contributed by atoms with Gasteiger partial charge in [0, 0.05) is 62.7 Å². The normalized spacial score (nSPS) is 11.2. The van der Waals surface area contributed by atoms with Gasteiger partial charge >= 0.3 is 0 Å². The third-order valence-corrected chi connectivity index (χ3v) is 6.48. The van der Waals surface area contributed by atoms with Crippen LogP contribution in [0, 0.1) is 5.82 Å². The fourth-order valence-electron chi connectivity index (χ4n) is 4.53. The molecule has 198 valence electrons. The van der Waals surface area contributed by atoms with E-state index in [1.807, 2.05) is 29.9 Å². The summed E-state index contributed by atoms with van der Waals surface area (Å²) in [5, 5.41) is 3.58. The van der Waals surface area contributed by atoms with Gasteiger partial charge in [0.2, 0.25) is 5.43 Å². The van der Waals surface area contributed by atoms with Crippen LogP contribution in [-0.4, -0.2) is 38.7 Å². The monoisotopic (exact) mass is 526 g/mol. The van der Waals surface area contributed by atoms with Crippen LogP contribution >= 0.6 is 0 Å². The van der Waals surface area contributed by atoms with E-state index in [2.05, 4.69) is 15.3 Å². The number of rotatable bonds is 8. The van der Waals surface area contributed by atoms with Gasteiger partial charge in [-0.05, 0) is 41.8 Å². The molecule has 1 amide bonds. The Bertz CT molecular complexity index is 1710. The van der Waals surface area contributed by atoms with Crippen LogP contribution < -0.4 is 16.5 Å². The zero-order valence-corrected chi connectivity index (χ0v) is 21.5. The van der Waals surface area contributed by atoms with E-state index in [4.69, 9.17) is 10.5 Å². The highest BCUT2D eigenvalue weighted by atomic mass is 19.1. The van der Waals surface area contributed by atoms with E-state index >= 15 is 0 Å². The third kappa shape index (κ3) is 5.27. The molecule has 0 aliphatic heterocycles. The van der Waals surface area contributed by atoms with E-state index in [9.17, 15) is 14.0 Å². The number of benzene rings is 2. The number of nitrogens with one attached hydrogen (secondary N) is 1. The zero-order valence-electron chi connectivity index (χ0n) is 21.5. The number of fused-ring (bicyclic) bond motifs is 1. The number of hydrogen-bond acceptors (Lipinski definition) is 6. The Morgan fingerprint density at radius 3 is 2.41 bits per heavy atom. The average Bonchev–Trinajstić information content (AvgIpc) is 3.28. The van der Waals surface area contributed by atoms with Crippen molar-refractivity contribution in [2.24, 2.45) is 7.05 Å². The number of nitrogen functional groups attached to an aromatic ring is 1. The lowest BCUT2D eigenvalue weighted by atomic mass is 10.0. The van der Waals surface area contributed by atoms with Crippen LogP contribution in [-0.2, 0) is 18.3 Å². The molecule has 0 saturated heterocycles. The van der Waals surface area contributed by atoms with Gasteiger partial charge in [0.1, 0.15) is 29.2 Å². The van der Waals surface area contributed by atoms with E-state index < -0.39 is 17.2 Å². The number of nitrogens with zero attached hydrogens (tertiary/aromatic N) is 4. The Kier molecular flexibility index (Phi) is 7.20. The summed E-state index contributed by atoms with van der Waals surface area (Å²) >= 11 is 0. The number of carbonyl (C=O) groups excluding carboxylic acids is 1. The van der Waals surface area contributed by atoms with Crippen LogP contribution in [0.25, 0.3) is 33.3 Å². The summed E-state index contributed by atoms with van der Waals surface area (Å²) in [5.74, 6) is -0.564. The summed E-state index contributed by atoms with van der Waals surface area (Å²) in [6.07, 6.45) is 7.26. The highest BCUT2D eigenvalue weighted by Gasteiger charge is 2.18. The lowest BCUT2D eigenvalue weighted by Crippen LogP contribution is -2.24. The van der Waals surface area contributed by atoms with Gasteiger partial charge in [0.15, 0.2) is 0 Å². The number of nitrogens with two attached hydrogens (primary N) is 1. The minimum atomic E-state index is -0.542. The topological polar surface area (TPSA) is 117 Å². The molecule has 0 aliphatic rings. The molecule has 10 heteroatoms. The third-order valence-electron chi connectivity index (χ3n) is 6.48. The van der Waals surface area contributed by atoms with Crippen molar-refractivity contribution < 1.29 is 13.9 Å². The second-order valence-electron chi connectivity index (χ2n) is 9.15. The lowest BCUT2D eigenvalue weighted by Gasteiger charge is -2.13. The molecule has 0 bridgehead atoms. The maximum atomic E-state index is 13.5. The van der Waals surface area contributed by atoms with Crippen molar-refractivity contribution in [2.45, 2.75) is 13.0 Å². The minimum Gasteiger partial charge on any atom is -0.385 e. The Morgan fingerprint density at radius 1 is 1.00 bits per heavy atom. The van der Waals surface area contributed by atoms with E-state index in [1.165, 1.54) is 36.8 Å². The number of hydrogen-bond donors (Lipinski definition) is 2. The minimum absolute atomic E-state index is 0.0164. The standard InChI is InChI=1S/C29H27FN6O3/c1-35-14-22(25-27(31)32-17-33-28(25)35)18-6-10-21(11-7-18)34-29(38)24-16-36(12-3-13-39-2)15-23(26(24)37)19-4-8-20(30)9-5-19/h4-11,14-17H,3,12-13H2,1-2H3,(H,34,38)(H2,31,32,33). The SMILES string of the molecule is COCCCn1cc(C(=O)Nc2ccc(-c3cn(C)c4ncnc(N)c34)cc2)c(=O)c(-c2ccc(F)cc2)c1. The number of pyridine rings is 1. The largest absolute Gasteiger partial charge is 0.385 e. The van der Waals surface area contributed by atoms with Gasteiger partial charge < -0.3 is 24.9 Å². The average molecular weight is 527 g/mol. The van der Waals surface area contributed by atoms with Crippen LogP contribution in [0.1, 0.15) is 16.8 Å². The highest BCUT2D eigenvalue weighted by Crippen LogP contribution is 2.32. The summed E-state index contributed by atoms with van der Waals surface area (Å²) in [7, 11) is 3.50. The predicted octanol–water partition coefficient (Wildman–Crippen LogP) is 4.47. The van der Waals surface area contributed by atoms with Crippen molar-refractivity contribution >= 4 is 28.4 Å². The summed E-state index contributed by atoms with van der Waals surface area (Å²) in [4.78, 5) is 35.1. The fourth-order valence-corrected chi connectivity index (χ4v) is 4.53. The number of anilines is 2. The second-order valence-corrected chi connectivity index (χ2v) is 9.15. The summed E-state index contributed by atoms with van der Waals surface area (Å²) in [6, 6.07) is 12.8. The number of halogens is 1. The maximum Gasteiger partial charge on any atom is 0.261 e. The molecular weight excluding hydrogens is 499 g/mol. The van der Waals surface area contributed by atoms with Crippen molar-refractivity contribution in [1.82, 2.24) is 19.1 Å². The van der Waals surface area contributed by atoms with Gasteiger partial charge in [0.25, 0.3) is 5.91 Å². The molecular formula is C29H27FN6O3. The highest BCUT2D eigenvalue weighted by molar-refractivity contribution is 6.05. The summed E-state index contributed by atoms with van der Waals surface area (Å²) < 4.78 is 22.3. The molecule has 0 unspecified atom stereocenters. The number of ether oxygens (including phenoxy) is 1. The molecule has 0 spiro atoms. The van der Waals surface area contributed by atoms with Crippen molar-refractivity contribution in [3.63, 3.8) is 0 Å². The van der Waals surface area contributed by atoms with E-state index in [-0.39, 0.29) is 5.56 Å². The first-order valence-electron chi connectivity index (χ1n) is 12.3. The molecule has 5 rings (SSSR count). The maximum absolute atomic E-state index is 13.5. The van der Waals surface area contributed by atoms with Crippen LogP contribution in [0.5, 0.6) is 0 Å². The lowest BCUT2D eigenvalue weighted by molar-refractivity contribution is 0.102. The van der Waals surface area contributed by atoms with Crippen LogP contribution in [0.3, 0.4) is 0 Å². The van der Waals surface area contributed by atoms with Crippen molar-refractivity contribution in [3.8, 4) is 22.3 Å². The van der Waals surface area contributed by atoms with Gasteiger partial charge in [-0.3, -0.25) is 9.59 Å². The Labute approximate surface area is 223 Å². The van der Waals surface area contributed by atoms with Gasteiger partial charge in [-0.2, -0.15) is 0 Å². The first kappa shape index (κ1) is 25.8. The first-order valence-corrected chi connectivity index (χ1v) is 12.3. The quantitative estimate of drug-likeness (QED) is 0.288. The Morgan fingerprint density at radius 2 is 1.69 bits per heavy atom. The molecule has 0 aliphatic carbocycles. The molecule has 3 heterocycles. The van der Waals surface area contributed by atoms with E-state index in [0.29, 0.717) is 42.2 Å².